The Kier molecular flexibility index (Phi) is 8.70. The van der Waals surface area contributed by atoms with E-state index in [4.69, 9.17) is 21.7 Å². The molecule has 10 heteroatoms. The quantitative estimate of drug-likeness (QED) is 0.419. The lowest BCUT2D eigenvalue weighted by molar-refractivity contribution is 0.108. The smallest absolute Gasteiger partial charge is 0.169 e. The highest BCUT2D eigenvalue weighted by molar-refractivity contribution is 7.80. The largest absolute Gasteiger partial charge is 0.493 e. The summed E-state index contributed by atoms with van der Waals surface area (Å²) in [5, 5.41) is 8.60. The molecule has 5 rings (SSSR count). The molecule has 202 valence electrons. The van der Waals surface area contributed by atoms with E-state index in [0.717, 1.165) is 84.6 Å². The summed E-state index contributed by atoms with van der Waals surface area (Å²) < 4.78 is 12.3. The molecule has 1 aromatic carbocycles. The maximum atomic E-state index is 6.54. The molecule has 2 saturated heterocycles. The number of rotatable bonds is 8. The van der Waals surface area contributed by atoms with Gasteiger partial charge < -0.3 is 29.9 Å². The summed E-state index contributed by atoms with van der Waals surface area (Å²) in [6.45, 7) is 8.20. The molecule has 2 aliphatic heterocycles. The zero-order valence-corrected chi connectivity index (χ0v) is 23.0. The predicted octanol–water partition coefficient (Wildman–Crippen LogP) is 3.39. The van der Waals surface area contributed by atoms with Crippen LogP contribution in [0.5, 0.6) is 11.5 Å². The number of benzene rings is 1. The second-order valence-corrected chi connectivity index (χ2v) is 10.3. The average molecular weight is 536 g/mol. The van der Waals surface area contributed by atoms with Crippen molar-refractivity contribution in [1.82, 2.24) is 30.5 Å². The number of fused-ring (bicyclic) bond motifs is 1. The molecule has 4 heterocycles. The molecular weight excluding hydrogens is 498 g/mol. The Bertz CT molecular complexity index is 1210. The average Bonchev–Trinajstić information content (AvgIpc) is 2.99. The molecule has 2 fully saturated rings. The van der Waals surface area contributed by atoms with Crippen LogP contribution in [0.25, 0.3) is 10.9 Å². The first-order valence-electron chi connectivity index (χ1n) is 13.5. The Hall–Kier alpha value is -3.24. The number of nitrogens with one attached hydrogen (secondary N) is 2. The van der Waals surface area contributed by atoms with Crippen molar-refractivity contribution in [3.8, 4) is 11.5 Å². The third-order valence-corrected chi connectivity index (χ3v) is 7.88. The molecular formula is C28H37N7O2S. The summed E-state index contributed by atoms with van der Waals surface area (Å²) in [4.78, 5) is 17.9. The van der Waals surface area contributed by atoms with Crippen LogP contribution in [0.1, 0.15) is 31.7 Å². The highest BCUT2D eigenvalue weighted by atomic mass is 32.1. The molecule has 2 aliphatic rings. The van der Waals surface area contributed by atoms with Gasteiger partial charge in [-0.2, -0.15) is 0 Å². The van der Waals surface area contributed by atoms with Crippen LogP contribution < -0.4 is 25.0 Å². The number of hydrogen-bond donors (Lipinski definition) is 2. The maximum Gasteiger partial charge on any atom is 0.169 e. The number of pyridine rings is 1. The maximum absolute atomic E-state index is 6.54. The van der Waals surface area contributed by atoms with E-state index >= 15 is 0 Å². The van der Waals surface area contributed by atoms with Gasteiger partial charge in [0, 0.05) is 69.0 Å². The summed E-state index contributed by atoms with van der Waals surface area (Å²) >= 11 is 5.66. The molecule has 0 aliphatic carbocycles. The van der Waals surface area contributed by atoms with E-state index in [2.05, 4.69) is 42.3 Å². The first-order valence-corrected chi connectivity index (χ1v) is 13.9. The Morgan fingerprint density at radius 2 is 2.08 bits per heavy atom. The van der Waals surface area contributed by atoms with Gasteiger partial charge in [0.1, 0.15) is 18.2 Å². The molecule has 0 radical (unpaired) electrons. The van der Waals surface area contributed by atoms with Crippen molar-refractivity contribution in [3.05, 3.63) is 48.5 Å². The van der Waals surface area contributed by atoms with E-state index in [1.807, 2.05) is 30.5 Å². The Morgan fingerprint density at radius 3 is 2.79 bits per heavy atom. The molecule has 38 heavy (non-hydrogen) atoms. The lowest BCUT2D eigenvalue weighted by atomic mass is 9.92. The molecule has 3 aromatic rings. The van der Waals surface area contributed by atoms with E-state index < -0.39 is 0 Å². The molecule has 2 unspecified atom stereocenters. The van der Waals surface area contributed by atoms with Gasteiger partial charge in [-0.1, -0.05) is 13.0 Å². The third-order valence-electron chi connectivity index (χ3n) is 7.47. The number of ether oxygens (including phenoxy) is 2. The zero-order chi connectivity index (χ0) is 26.3. The molecule has 2 N–H and O–H groups in total. The van der Waals surface area contributed by atoms with Crippen LogP contribution in [-0.2, 0) is 6.54 Å². The fourth-order valence-electron chi connectivity index (χ4n) is 5.34. The van der Waals surface area contributed by atoms with Crippen LogP contribution in [0.15, 0.2) is 43.0 Å². The molecule has 9 nitrogen and oxygen atoms in total. The fraction of sp³-hybridized carbons (Fsp3) is 0.500. The van der Waals surface area contributed by atoms with Crippen LogP contribution >= 0.6 is 12.2 Å². The number of piperazine rings is 1. The van der Waals surface area contributed by atoms with E-state index in [-0.39, 0.29) is 6.10 Å². The Balaban J connectivity index is 1.27. The second-order valence-electron chi connectivity index (χ2n) is 9.88. The van der Waals surface area contributed by atoms with E-state index in [1.54, 1.807) is 19.6 Å². The molecule has 0 amide bonds. The van der Waals surface area contributed by atoms with Crippen molar-refractivity contribution >= 4 is 34.1 Å². The summed E-state index contributed by atoms with van der Waals surface area (Å²) in [6, 6.07) is 8.01. The van der Waals surface area contributed by atoms with Gasteiger partial charge in [-0.15, -0.1) is 0 Å². The topological polar surface area (TPSA) is 87.7 Å². The minimum atomic E-state index is 0.138. The lowest BCUT2D eigenvalue weighted by Crippen LogP contribution is -2.51. The van der Waals surface area contributed by atoms with E-state index in [1.165, 1.54) is 12.8 Å². The van der Waals surface area contributed by atoms with Crippen LogP contribution in [0.2, 0.25) is 0 Å². The summed E-state index contributed by atoms with van der Waals surface area (Å²) in [5.74, 6) is 2.88. The minimum absolute atomic E-state index is 0.138. The standard InChI is InChI=1S/C28H37N7O2S/c1-3-24(21-7-5-9-30-18-21)37-26-15-23-22(14-25(26)36-2)27(33-19-32-23)34-10-12-35(13-11-34)28(38)31-17-20-6-4-8-29-16-20/h4,6,8,14-16,19,21,24,30H,3,5,7,9-13,17-18H2,1-2H3,(H,31,38). The number of thiocarbonyl (C=S) groups is 1. The van der Waals surface area contributed by atoms with E-state index in [0.29, 0.717) is 12.5 Å². The number of hydrogen-bond acceptors (Lipinski definition) is 8. The minimum Gasteiger partial charge on any atom is -0.493 e. The fourth-order valence-corrected chi connectivity index (χ4v) is 5.59. The van der Waals surface area contributed by atoms with Crippen molar-refractivity contribution in [2.24, 2.45) is 5.92 Å². The van der Waals surface area contributed by atoms with Gasteiger partial charge in [0.25, 0.3) is 0 Å². The van der Waals surface area contributed by atoms with Crippen molar-refractivity contribution in [3.63, 3.8) is 0 Å². The summed E-state index contributed by atoms with van der Waals surface area (Å²) in [6.07, 6.45) is 8.73. The van der Waals surface area contributed by atoms with Crippen molar-refractivity contribution < 1.29 is 9.47 Å². The Labute approximate surface area is 229 Å². The Morgan fingerprint density at radius 1 is 1.21 bits per heavy atom. The zero-order valence-electron chi connectivity index (χ0n) is 22.2. The molecule has 0 bridgehead atoms. The van der Waals surface area contributed by atoms with Crippen LogP contribution in [0.3, 0.4) is 0 Å². The van der Waals surface area contributed by atoms with Gasteiger partial charge in [-0.05, 0) is 55.7 Å². The summed E-state index contributed by atoms with van der Waals surface area (Å²) in [5.41, 5.74) is 1.97. The van der Waals surface area contributed by atoms with Gasteiger partial charge >= 0.3 is 0 Å². The monoisotopic (exact) mass is 535 g/mol. The van der Waals surface area contributed by atoms with Crippen LogP contribution in [-0.4, -0.2) is 77.4 Å². The molecule has 2 atom stereocenters. The number of nitrogens with zero attached hydrogens (tertiary/aromatic N) is 5. The summed E-state index contributed by atoms with van der Waals surface area (Å²) in [7, 11) is 1.69. The second kappa shape index (κ2) is 12.5. The molecule has 2 aromatic heterocycles. The molecule has 0 spiro atoms. The van der Waals surface area contributed by atoms with Gasteiger partial charge in [0.2, 0.25) is 0 Å². The number of methoxy groups -OCH3 is 1. The van der Waals surface area contributed by atoms with Gasteiger partial charge in [0.05, 0.1) is 12.6 Å². The highest BCUT2D eigenvalue weighted by Crippen LogP contribution is 2.37. The predicted molar refractivity (Wildman–Crippen MR) is 154 cm³/mol. The van der Waals surface area contributed by atoms with E-state index in [9.17, 15) is 0 Å². The van der Waals surface area contributed by atoms with Crippen molar-refractivity contribution in [2.75, 3.05) is 51.3 Å². The number of anilines is 1. The third kappa shape index (κ3) is 6.07. The number of aromatic nitrogens is 3. The normalized spacial score (nSPS) is 18.7. The van der Waals surface area contributed by atoms with Crippen molar-refractivity contribution in [2.45, 2.75) is 38.8 Å². The lowest BCUT2D eigenvalue weighted by Gasteiger charge is -2.37. The van der Waals surface area contributed by atoms with Gasteiger partial charge in [-0.3, -0.25) is 4.98 Å². The molecule has 0 saturated carbocycles. The van der Waals surface area contributed by atoms with Crippen LogP contribution in [0, 0.1) is 5.92 Å². The number of piperidine rings is 1. The first kappa shape index (κ1) is 26.4. The SMILES string of the molecule is CCC(Oc1cc2ncnc(N3CCN(C(=S)NCc4cccnc4)CC3)c2cc1OC)C1CCCNC1. The van der Waals surface area contributed by atoms with Crippen molar-refractivity contribution in [1.29, 1.82) is 0 Å². The van der Waals surface area contributed by atoms with Gasteiger partial charge in [-0.25, -0.2) is 9.97 Å². The first-order chi connectivity index (χ1) is 18.7. The van der Waals surface area contributed by atoms with Gasteiger partial charge in [0.15, 0.2) is 16.6 Å². The highest BCUT2D eigenvalue weighted by Gasteiger charge is 2.26. The van der Waals surface area contributed by atoms with Crippen LogP contribution in [0.4, 0.5) is 5.82 Å².